The van der Waals surface area contributed by atoms with E-state index in [1.54, 1.807) is 0 Å². The van der Waals surface area contributed by atoms with Crippen molar-refractivity contribution in [3.05, 3.63) is 65.7 Å². The fourth-order valence-corrected chi connectivity index (χ4v) is 3.23. The third-order valence-corrected chi connectivity index (χ3v) is 4.39. The molecule has 2 heteroatoms. The molecule has 0 radical (unpaired) electrons. The molecule has 3 rings (SSSR count). The Hall–Kier alpha value is -2.09. The standard InChI is InChI=1S/C19H21NO/c1-14-9-7-8-12-16(14)17-13-19(2,3)18(21)20(17)15-10-5-4-6-11-15/h4-12,17H,13H2,1-3H3. The number of aryl methyl sites for hydroxylation is 1. The van der Waals surface area contributed by atoms with E-state index in [9.17, 15) is 4.79 Å². The summed E-state index contributed by atoms with van der Waals surface area (Å²) in [5, 5.41) is 0. The van der Waals surface area contributed by atoms with Crippen molar-refractivity contribution >= 4 is 11.6 Å². The third-order valence-electron chi connectivity index (χ3n) is 4.39. The maximum atomic E-state index is 12.8. The van der Waals surface area contributed by atoms with Crippen molar-refractivity contribution in [1.82, 2.24) is 0 Å². The molecular weight excluding hydrogens is 258 g/mol. The molecule has 0 aliphatic carbocycles. The number of carbonyl (C=O) groups is 1. The minimum Gasteiger partial charge on any atom is -0.304 e. The van der Waals surface area contributed by atoms with Crippen molar-refractivity contribution in [2.24, 2.45) is 5.41 Å². The van der Waals surface area contributed by atoms with Crippen molar-refractivity contribution in [2.45, 2.75) is 33.2 Å². The van der Waals surface area contributed by atoms with E-state index in [1.807, 2.05) is 55.1 Å². The lowest BCUT2D eigenvalue weighted by atomic mass is 9.87. The van der Waals surface area contributed by atoms with Crippen LogP contribution in [0.25, 0.3) is 0 Å². The van der Waals surface area contributed by atoms with Gasteiger partial charge in [-0.1, -0.05) is 56.3 Å². The molecule has 1 atom stereocenters. The average molecular weight is 279 g/mol. The molecule has 0 N–H and O–H groups in total. The summed E-state index contributed by atoms with van der Waals surface area (Å²) in [5.41, 5.74) is 3.17. The molecule has 0 spiro atoms. The van der Waals surface area contributed by atoms with E-state index < -0.39 is 0 Å². The van der Waals surface area contributed by atoms with Crippen molar-refractivity contribution in [1.29, 1.82) is 0 Å². The first-order chi connectivity index (χ1) is 10.0. The molecule has 108 valence electrons. The molecule has 2 aromatic rings. The Morgan fingerprint density at radius 2 is 1.62 bits per heavy atom. The van der Waals surface area contributed by atoms with Crippen molar-refractivity contribution in [2.75, 3.05) is 4.90 Å². The highest BCUT2D eigenvalue weighted by Gasteiger charge is 2.46. The SMILES string of the molecule is Cc1ccccc1C1CC(C)(C)C(=O)N1c1ccccc1. The monoisotopic (exact) mass is 279 g/mol. The molecule has 1 fully saturated rings. The van der Waals surface area contributed by atoms with Gasteiger partial charge in [-0.2, -0.15) is 0 Å². The van der Waals surface area contributed by atoms with Gasteiger partial charge < -0.3 is 4.90 Å². The molecule has 0 bridgehead atoms. The number of hydrogen-bond donors (Lipinski definition) is 0. The fraction of sp³-hybridized carbons (Fsp3) is 0.316. The second-order valence-corrected chi connectivity index (χ2v) is 6.47. The first kappa shape index (κ1) is 13.9. The second-order valence-electron chi connectivity index (χ2n) is 6.47. The van der Waals surface area contributed by atoms with E-state index in [-0.39, 0.29) is 17.4 Å². The van der Waals surface area contributed by atoms with Crippen LogP contribution in [-0.4, -0.2) is 5.91 Å². The smallest absolute Gasteiger partial charge is 0.233 e. The molecule has 1 heterocycles. The lowest BCUT2D eigenvalue weighted by Gasteiger charge is -2.26. The highest BCUT2D eigenvalue weighted by atomic mass is 16.2. The molecule has 1 aliphatic heterocycles. The molecule has 2 aromatic carbocycles. The Bertz CT molecular complexity index is 660. The molecular formula is C19H21NO. The van der Waals surface area contributed by atoms with Crippen molar-refractivity contribution in [3.63, 3.8) is 0 Å². The lowest BCUT2D eigenvalue weighted by Crippen LogP contribution is -2.32. The second kappa shape index (κ2) is 5.03. The highest BCUT2D eigenvalue weighted by Crippen LogP contribution is 2.46. The van der Waals surface area contributed by atoms with Gasteiger partial charge in [0.1, 0.15) is 0 Å². The number of anilines is 1. The summed E-state index contributed by atoms with van der Waals surface area (Å²) in [4.78, 5) is 14.8. The van der Waals surface area contributed by atoms with Gasteiger partial charge in [0.15, 0.2) is 0 Å². The van der Waals surface area contributed by atoms with Crippen LogP contribution in [0.1, 0.15) is 37.4 Å². The van der Waals surface area contributed by atoms with Crippen LogP contribution >= 0.6 is 0 Å². The van der Waals surface area contributed by atoms with E-state index in [0.29, 0.717) is 0 Å². The molecule has 1 aliphatic rings. The van der Waals surface area contributed by atoms with Crippen LogP contribution in [0.15, 0.2) is 54.6 Å². The van der Waals surface area contributed by atoms with Crippen LogP contribution in [0.3, 0.4) is 0 Å². The Morgan fingerprint density at radius 1 is 1.00 bits per heavy atom. The third kappa shape index (κ3) is 2.35. The predicted octanol–water partition coefficient (Wildman–Crippen LogP) is 4.50. The number of carbonyl (C=O) groups excluding carboxylic acids is 1. The zero-order valence-electron chi connectivity index (χ0n) is 12.8. The van der Waals surface area contributed by atoms with Crippen molar-refractivity contribution < 1.29 is 4.79 Å². The van der Waals surface area contributed by atoms with Crippen LogP contribution in [0.5, 0.6) is 0 Å². The van der Waals surface area contributed by atoms with Gasteiger partial charge in [-0.05, 0) is 36.6 Å². The molecule has 21 heavy (non-hydrogen) atoms. The van der Waals surface area contributed by atoms with Gasteiger partial charge in [-0.3, -0.25) is 4.79 Å². The fourth-order valence-electron chi connectivity index (χ4n) is 3.23. The van der Waals surface area contributed by atoms with E-state index in [1.165, 1.54) is 11.1 Å². The average Bonchev–Trinajstić information content (AvgIpc) is 2.71. The Balaban J connectivity index is 2.10. The maximum absolute atomic E-state index is 12.8. The van der Waals surface area contributed by atoms with E-state index in [2.05, 4.69) is 25.1 Å². The van der Waals surface area contributed by atoms with Crippen molar-refractivity contribution in [3.8, 4) is 0 Å². The molecule has 0 aromatic heterocycles. The Kier molecular flexibility index (Phi) is 3.32. The summed E-state index contributed by atoms with van der Waals surface area (Å²) in [7, 11) is 0. The van der Waals surface area contributed by atoms with Gasteiger partial charge in [0.05, 0.1) is 6.04 Å². The summed E-state index contributed by atoms with van der Waals surface area (Å²) >= 11 is 0. The number of para-hydroxylation sites is 1. The highest BCUT2D eigenvalue weighted by molar-refractivity contribution is 6.00. The summed E-state index contributed by atoms with van der Waals surface area (Å²) in [6.07, 6.45) is 0.853. The van der Waals surface area contributed by atoms with Crippen LogP contribution in [0.2, 0.25) is 0 Å². The number of amides is 1. The minimum atomic E-state index is -0.317. The van der Waals surface area contributed by atoms with Gasteiger partial charge in [0.25, 0.3) is 0 Å². The van der Waals surface area contributed by atoms with Crippen LogP contribution in [-0.2, 0) is 4.79 Å². The predicted molar refractivity (Wildman–Crippen MR) is 86.2 cm³/mol. The summed E-state index contributed by atoms with van der Waals surface area (Å²) in [6, 6.07) is 18.5. The zero-order valence-corrected chi connectivity index (χ0v) is 12.8. The number of hydrogen-bond acceptors (Lipinski definition) is 1. The lowest BCUT2D eigenvalue weighted by molar-refractivity contribution is -0.124. The van der Waals surface area contributed by atoms with E-state index >= 15 is 0 Å². The summed E-state index contributed by atoms with van der Waals surface area (Å²) in [5.74, 6) is 0.210. The largest absolute Gasteiger partial charge is 0.304 e. The zero-order chi connectivity index (χ0) is 15.0. The van der Waals surface area contributed by atoms with Crippen LogP contribution in [0, 0.1) is 12.3 Å². The first-order valence-electron chi connectivity index (χ1n) is 7.45. The number of nitrogens with zero attached hydrogens (tertiary/aromatic N) is 1. The van der Waals surface area contributed by atoms with Crippen LogP contribution < -0.4 is 4.90 Å². The summed E-state index contributed by atoms with van der Waals surface area (Å²) < 4.78 is 0. The molecule has 0 saturated carbocycles. The van der Waals surface area contributed by atoms with E-state index in [0.717, 1.165) is 12.1 Å². The molecule has 1 saturated heterocycles. The van der Waals surface area contributed by atoms with Crippen LogP contribution in [0.4, 0.5) is 5.69 Å². The van der Waals surface area contributed by atoms with Gasteiger partial charge in [-0.15, -0.1) is 0 Å². The number of rotatable bonds is 2. The molecule has 1 unspecified atom stereocenters. The van der Waals surface area contributed by atoms with E-state index in [4.69, 9.17) is 0 Å². The quantitative estimate of drug-likeness (QED) is 0.792. The van der Waals surface area contributed by atoms with Gasteiger partial charge in [0.2, 0.25) is 5.91 Å². The first-order valence-corrected chi connectivity index (χ1v) is 7.45. The Morgan fingerprint density at radius 3 is 2.29 bits per heavy atom. The maximum Gasteiger partial charge on any atom is 0.233 e. The summed E-state index contributed by atoms with van der Waals surface area (Å²) in [6.45, 7) is 6.21. The normalized spacial score (nSPS) is 20.8. The van der Waals surface area contributed by atoms with Gasteiger partial charge in [-0.25, -0.2) is 0 Å². The van der Waals surface area contributed by atoms with Gasteiger partial charge >= 0.3 is 0 Å². The molecule has 2 nitrogen and oxygen atoms in total. The number of benzene rings is 2. The molecule has 1 amide bonds. The Labute approximate surface area is 126 Å². The van der Waals surface area contributed by atoms with Gasteiger partial charge in [0, 0.05) is 11.1 Å². The minimum absolute atomic E-state index is 0.121. The topological polar surface area (TPSA) is 20.3 Å².